The largest absolute Gasteiger partial charge is 0.480 e. The van der Waals surface area contributed by atoms with Crippen LogP contribution in [-0.2, 0) is 14.8 Å². The van der Waals surface area contributed by atoms with Gasteiger partial charge in [0.2, 0.25) is 0 Å². The molecule has 0 aromatic heterocycles. The molecule has 0 saturated carbocycles. The van der Waals surface area contributed by atoms with Crippen molar-refractivity contribution in [3.8, 4) is 0 Å². The average Bonchev–Trinajstić information content (AvgIpc) is 2.53. The summed E-state index contributed by atoms with van der Waals surface area (Å²) in [6.45, 7) is -0.896. The summed E-state index contributed by atoms with van der Waals surface area (Å²) in [4.78, 5) is 20.9. The fourth-order valence-corrected chi connectivity index (χ4v) is 4.29. The predicted octanol–water partition coefficient (Wildman–Crippen LogP) is 3.29. The number of carbonyl (C=O) groups is 1. The van der Waals surface area contributed by atoms with Gasteiger partial charge in [0, 0.05) is 16.6 Å². The van der Waals surface area contributed by atoms with E-state index in [1.54, 1.807) is 0 Å². The number of nitro benzene ring substituents is 1. The van der Waals surface area contributed by atoms with E-state index in [9.17, 15) is 23.3 Å². The van der Waals surface area contributed by atoms with Gasteiger partial charge in [0.1, 0.15) is 6.54 Å². The molecule has 0 aliphatic rings. The summed E-state index contributed by atoms with van der Waals surface area (Å²) in [5, 5.41) is 19.9. The Hall–Kier alpha value is -2.17. The van der Waals surface area contributed by atoms with Crippen LogP contribution in [0, 0.1) is 10.1 Å². The van der Waals surface area contributed by atoms with Crippen LogP contribution in [0.25, 0.3) is 0 Å². The van der Waals surface area contributed by atoms with Gasteiger partial charge in [-0.2, -0.15) is 0 Å². The Morgan fingerprint density at radius 3 is 2.52 bits per heavy atom. The number of non-ortho nitro benzene ring substituents is 1. The molecule has 25 heavy (non-hydrogen) atoms. The second-order valence-corrected chi connectivity index (χ2v) is 7.94. The smallest absolute Gasteiger partial charge is 0.324 e. The SMILES string of the molecule is O=C(O)CN(c1ccc(Br)cc1Cl)S(=O)(=O)c1cccc([N+](=O)[O-])c1. The number of nitrogens with zero attached hydrogens (tertiary/aromatic N) is 2. The third-order valence-electron chi connectivity index (χ3n) is 3.07. The van der Waals surface area contributed by atoms with Crippen molar-refractivity contribution < 1.29 is 23.2 Å². The lowest BCUT2D eigenvalue weighted by molar-refractivity contribution is -0.385. The fraction of sp³-hybridized carbons (Fsp3) is 0.0714. The van der Waals surface area contributed by atoms with E-state index in [0.717, 1.165) is 18.2 Å². The van der Waals surface area contributed by atoms with E-state index >= 15 is 0 Å². The molecule has 11 heteroatoms. The first-order valence-corrected chi connectivity index (χ1v) is 9.18. The van der Waals surface area contributed by atoms with Crippen LogP contribution in [0.15, 0.2) is 51.8 Å². The molecule has 0 bridgehead atoms. The molecule has 0 amide bonds. The van der Waals surface area contributed by atoms with Crippen molar-refractivity contribution in [1.82, 2.24) is 0 Å². The van der Waals surface area contributed by atoms with Crippen molar-refractivity contribution in [3.63, 3.8) is 0 Å². The number of carboxylic acids is 1. The molecule has 0 spiro atoms. The van der Waals surface area contributed by atoms with Crippen molar-refractivity contribution in [2.75, 3.05) is 10.8 Å². The van der Waals surface area contributed by atoms with E-state index in [4.69, 9.17) is 16.7 Å². The van der Waals surface area contributed by atoms with Crippen LogP contribution in [0.2, 0.25) is 5.02 Å². The minimum absolute atomic E-state index is 0.00429. The second kappa shape index (κ2) is 7.38. The Bertz CT molecular complexity index is 950. The summed E-state index contributed by atoms with van der Waals surface area (Å²) in [6, 6.07) is 8.58. The summed E-state index contributed by atoms with van der Waals surface area (Å²) in [5.41, 5.74) is -0.489. The Morgan fingerprint density at radius 2 is 1.96 bits per heavy atom. The lowest BCUT2D eigenvalue weighted by Gasteiger charge is -2.23. The van der Waals surface area contributed by atoms with Crippen LogP contribution in [0.5, 0.6) is 0 Å². The third kappa shape index (κ3) is 4.27. The lowest BCUT2D eigenvalue weighted by atomic mass is 10.3. The van der Waals surface area contributed by atoms with Gasteiger partial charge in [0.05, 0.1) is 20.5 Å². The van der Waals surface area contributed by atoms with Crippen LogP contribution in [0.4, 0.5) is 11.4 Å². The highest BCUT2D eigenvalue weighted by Crippen LogP contribution is 2.33. The zero-order chi connectivity index (χ0) is 18.8. The first-order chi connectivity index (χ1) is 11.6. The molecule has 2 aromatic rings. The quantitative estimate of drug-likeness (QED) is 0.534. The van der Waals surface area contributed by atoms with Crippen molar-refractivity contribution in [2.24, 2.45) is 0 Å². The molecule has 0 fully saturated rings. The number of anilines is 1. The number of nitro groups is 1. The molecule has 0 aliphatic heterocycles. The maximum Gasteiger partial charge on any atom is 0.324 e. The van der Waals surface area contributed by atoms with Crippen LogP contribution >= 0.6 is 27.5 Å². The van der Waals surface area contributed by atoms with E-state index in [2.05, 4.69) is 15.9 Å². The van der Waals surface area contributed by atoms with Crippen molar-refractivity contribution >= 4 is 54.9 Å². The molecule has 0 aliphatic carbocycles. The van der Waals surface area contributed by atoms with E-state index in [-0.39, 0.29) is 10.7 Å². The van der Waals surface area contributed by atoms with Gasteiger partial charge in [-0.1, -0.05) is 33.6 Å². The molecule has 8 nitrogen and oxygen atoms in total. The number of halogens is 2. The number of carboxylic acid groups (broad SMARTS) is 1. The summed E-state index contributed by atoms with van der Waals surface area (Å²) >= 11 is 9.22. The molecule has 2 aromatic carbocycles. The average molecular weight is 450 g/mol. The van der Waals surface area contributed by atoms with Gasteiger partial charge < -0.3 is 5.11 Å². The van der Waals surface area contributed by atoms with Gasteiger partial charge in [-0.15, -0.1) is 0 Å². The predicted molar refractivity (Wildman–Crippen MR) is 94.4 cm³/mol. The highest BCUT2D eigenvalue weighted by Gasteiger charge is 2.29. The molecule has 0 radical (unpaired) electrons. The normalized spacial score (nSPS) is 11.1. The Morgan fingerprint density at radius 1 is 1.28 bits per heavy atom. The molecule has 0 saturated heterocycles. The van der Waals surface area contributed by atoms with E-state index in [0.29, 0.717) is 8.78 Å². The van der Waals surface area contributed by atoms with Gasteiger partial charge in [0.25, 0.3) is 15.7 Å². The lowest BCUT2D eigenvalue weighted by Crippen LogP contribution is -2.36. The Labute approximate surface area is 156 Å². The van der Waals surface area contributed by atoms with Gasteiger partial charge in [0.15, 0.2) is 0 Å². The van der Waals surface area contributed by atoms with Crippen molar-refractivity contribution in [3.05, 3.63) is 62.1 Å². The van der Waals surface area contributed by atoms with Crippen LogP contribution in [0.3, 0.4) is 0 Å². The summed E-state index contributed by atoms with van der Waals surface area (Å²) in [6.07, 6.45) is 0. The van der Waals surface area contributed by atoms with E-state index < -0.39 is 38.0 Å². The number of hydrogen-bond acceptors (Lipinski definition) is 5. The second-order valence-electron chi connectivity index (χ2n) is 4.76. The highest BCUT2D eigenvalue weighted by molar-refractivity contribution is 9.10. The first-order valence-electron chi connectivity index (χ1n) is 6.57. The minimum atomic E-state index is -4.39. The zero-order valence-corrected chi connectivity index (χ0v) is 15.5. The molecule has 0 heterocycles. The molecule has 132 valence electrons. The fourth-order valence-electron chi connectivity index (χ4n) is 1.99. The Balaban J connectivity index is 2.62. The minimum Gasteiger partial charge on any atom is -0.480 e. The topological polar surface area (TPSA) is 118 Å². The molecule has 0 atom stereocenters. The highest BCUT2D eigenvalue weighted by atomic mass is 79.9. The molecule has 2 rings (SSSR count). The zero-order valence-electron chi connectivity index (χ0n) is 12.3. The molecule has 1 N–H and O–H groups in total. The monoisotopic (exact) mass is 448 g/mol. The number of aliphatic carboxylic acids is 1. The number of rotatable bonds is 6. The number of sulfonamides is 1. The van der Waals surface area contributed by atoms with Crippen molar-refractivity contribution in [2.45, 2.75) is 4.90 Å². The van der Waals surface area contributed by atoms with E-state index in [1.807, 2.05) is 0 Å². The van der Waals surface area contributed by atoms with Crippen molar-refractivity contribution in [1.29, 1.82) is 0 Å². The van der Waals surface area contributed by atoms with E-state index in [1.165, 1.54) is 24.3 Å². The molecule has 0 unspecified atom stereocenters. The van der Waals surface area contributed by atoms with Gasteiger partial charge in [-0.05, 0) is 24.3 Å². The van der Waals surface area contributed by atoms with Crippen LogP contribution < -0.4 is 4.31 Å². The maximum atomic E-state index is 12.8. The summed E-state index contributed by atoms with van der Waals surface area (Å²) < 4.78 is 26.9. The standard InChI is InChI=1S/C14H10BrClN2O6S/c15-9-4-5-13(12(16)6-9)17(8-14(19)20)25(23,24)11-3-1-2-10(7-11)18(21)22/h1-7H,8H2,(H,19,20). The maximum absolute atomic E-state index is 12.8. The van der Waals surface area contributed by atoms with Gasteiger partial charge in [-0.25, -0.2) is 8.42 Å². The van der Waals surface area contributed by atoms with Crippen LogP contribution in [0.1, 0.15) is 0 Å². The first kappa shape index (κ1) is 19.2. The van der Waals surface area contributed by atoms with Gasteiger partial charge >= 0.3 is 5.97 Å². The molecular formula is C14H10BrClN2O6S. The third-order valence-corrected chi connectivity index (χ3v) is 5.63. The van der Waals surface area contributed by atoms with Gasteiger partial charge in [-0.3, -0.25) is 19.2 Å². The number of hydrogen-bond donors (Lipinski definition) is 1. The van der Waals surface area contributed by atoms with Crippen LogP contribution in [-0.4, -0.2) is 31.0 Å². The molecular weight excluding hydrogens is 440 g/mol. The summed E-state index contributed by atoms with van der Waals surface area (Å²) in [5.74, 6) is -1.41. The summed E-state index contributed by atoms with van der Waals surface area (Å²) in [7, 11) is -4.39. The Kier molecular flexibility index (Phi) is 5.65. The number of benzene rings is 2.